The van der Waals surface area contributed by atoms with Gasteiger partial charge in [-0.1, -0.05) is 54.1 Å². The molecule has 1 fully saturated rings. The first-order valence-corrected chi connectivity index (χ1v) is 11.1. The standard InChI is InChI=1S/C25H25ClN4O2/c26-22-9-6-20(7-10-22)18-30-23(12-15-27-30)28-25(32)21-13-16-29(17-14-21)24(31)11-8-19-4-2-1-3-5-19/h1-12,15,21H,13-14,16-18H2,(H,28,32)/b11-8+. The molecule has 3 aromatic rings. The molecule has 1 N–H and O–H groups in total. The van der Waals surface area contributed by atoms with Crippen LogP contribution in [0.15, 0.2) is 72.9 Å². The second kappa shape index (κ2) is 10.3. The topological polar surface area (TPSA) is 67.2 Å². The molecule has 2 heterocycles. The summed E-state index contributed by atoms with van der Waals surface area (Å²) in [6.07, 6.45) is 6.38. The fourth-order valence-electron chi connectivity index (χ4n) is 3.76. The summed E-state index contributed by atoms with van der Waals surface area (Å²) >= 11 is 5.95. The van der Waals surface area contributed by atoms with Crippen molar-refractivity contribution < 1.29 is 9.59 Å². The number of halogens is 1. The summed E-state index contributed by atoms with van der Waals surface area (Å²) in [7, 11) is 0. The van der Waals surface area contributed by atoms with Crippen LogP contribution in [0.25, 0.3) is 6.08 Å². The van der Waals surface area contributed by atoms with Crippen molar-refractivity contribution in [3.05, 3.63) is 89.1 Å². The second-order valence-corrected chi connectivity index (χ2v) is 8.27. The number of rotatable bonds is 6. The van der Waals surface area contributed by atoms with E-state index in [1.165, 1.54) is 0 Å². The zero-order valence-corrected chi connectivity index (χ0v) is 18.4. The highest BCUT2D eigenvalue weighted by Gasteiger charge is 2.27. The largest absolute Gasteiger partial charge is 0.339 e. The van der Waals surface area contributed by atoms with E-state index in [4.69, 9.17) is 11.6 Å². The number of anilines is 1. The van der Waals surface area contributed by atoms with E-state index in [1.54, 1.807) is 27.9 Å². The van der Waals surface area contributed by atoms with Crippen molar-refractivity contribution in [2.24, 2.45) is 5.92 Å². The normalized spacial score (nSPS) is 14.6. The predicted octanol–water partition coefficient (Wildman–Crippen LogP) is 4.48. The fourth-order valence-corrected chi connectivity index (χ4v) is 3.88. The van der Waals surface area contributed by atoms with Gasteiger partial charge in [0.15, 0.2) is 0 Å². The van der Waals surface area contributed by atoms with Gasteiger partial charge in [0.25, 0.3) is 0 Å². The third-order valence-electron chi connectivity index (χ3n) is 5.61. The van der Waals surface area contributed by atoms with Gasteiger partial charge in [-0.15, -0.1) is 0 Å². The van der Waals surface area contributed by atoms with Gasteiger partial charge < -0.3 is 10.2 Å². The SMILES string of the molecule is O=C(Nc1ccnn1Cc1ccc(Cl)cc1)C1CCN(C(=O)/C=C/c2ccccc2)CC1. The van der Waals surface area contributed by atoms with E-state index >= 15 is 0 Å². The van der Waals surface area contributed by atoms with Crippen LogP contribution in [0.3, 0.4) is 0 Å². The maximum Gasteiger partial charge on any atom is 0.246 e. The molecular weight excluding hydrogens is 424 g/mol. The summed E-state index contributed by atoms with van der Waals surface area (Å²) in [5.74, 6) is 0.480. The van der Waals surface area contributed by atoms with Crippen LogP contribution in [0.1, 0.15) is 24.0 Å². The highest BCUT2D eigenvalue weighted by molar-refractivity contribution is 6.30. The highest BCUT2D eigenvalue weighted by atomic mass is 35.5. The maximum absolute atomic E-state index is 12.8. The first-order chi connectivity index (χ1) is 15.6. The average molecular weight is 449 g/mol. The van der Waals surface area contributed by atoms with Gasteiger partial charge in [0.1, 0.15) is 5.82 Å². The van der Waals surface area contributed by atoms with E-state index < -0.39 is 0 Å². The zero-order valence-electron chi connectivity index (χ0n) is 17.7. The van der Waals surface area contributed by atoms with Crippen molar-refractivity contribution in [2.45, 2.75) is 19.4 Å². The molecule has 0 atom stereocenters. The Bertz CT molecular complexity index is 1080. The lowest BCUT2D eigenvalue weighted by Gasteiger charge is -2.30. The minimum Gasteiger partial charge on any atom is -0.339 e. The molecule has 2 aromatic carbocycles. The number of nitrogens with zero attached hydrogens (tertiary/aromatic N) is 3. The molecule has 0 radical (unpaired) electrons. The summed E-state index contributed by atoms with van der Waals surface area (Å²) in [5.41, 5.74) is 2.04. The van der Waals surface area contributed by atoms with E-state index in [2.05, 4.69) is 10.4 Å². The van der Waals surface area contributed by atoms with Crippen LogP contribution in [0.5, 0.6) is 0 Å². The van der Waals surface area contributed by atoms with E-state index in [1.807, 2.05) is 60.7 Å². The van der Waals surface area contributed by atoms with Gasteiger partial charge in [-0.25, -0.2) is 4.68 Å². The number of amides is 2. The maximum atomic E-state index is 12.8. The molecule has 0 unspecified atom stereocenters. The minimum atomic E-state index is -0.129. The van der Waals surface area contributed by atoms with E-state index in [-0.39, 0.29) is 17.7 Å². The minimum absolute atomic E-state index is 0.0197. The molecule has 6 nitrogen and oxygen atoms in total. The molecule has 1 aliphatic heterocycles. The lowest BCUT2D eigenvalue weighted by Crippen LogP contribution is -2.40. The summed E-state index contributed by atoms with van der Waals surface area (Å²) in [6.45, 7) is 1.68. The van der Waals surface area contributed by atoms with Crippen molar-refractivity contribution in [3.8, 4) is 0 Å². The number of aromatic nitrogens is 2. The Kier molecular flexibility index (Phi) is 7.02. The van der Waals surface area contributed by atoms with Crippen LogP contribution in [0.4, 0.5) is 5.82 Å². The number of piperidine rings is 1. The monoisotopic (exact) mass is 448 g/mol. The molecule has 1 aromatic heterocycles. The van der Waals surface area contributed by atoms with Gasteiger partial charge in [0, 0.05) is 36.2 Å². The number of hydrogen-bond acceptors (Lipinski definition) is 3. The first-order valence-electron chi connectivity index (χ1n) is 10.7. The second-order valence-electron chi connectivity index (χ2n) is 7.83. The Hall–Kier alpha value is -3.38. The molecule has 0 aliphatic carbocycles. The third kappa shape index (κ3) is 5.65. The Morgan fingerprint density at radius 1 is 1.03 bits per heavy atom. The van der Waals surface area contributed by atoms with Crippen LogP contribution in [-0.4, -0.2) is 39.6 Å². The van der Waals surface area contributed by atoms with Crippen molar-refractivity contribution in [2.75, 3.05) is 18.4 Å². The molecule has 4 rings (SSSR count). The molecule has 1 aliphatic rings. The van der Waals surface area contributed by atoms with Crippen LogP contribution in [0.2, 0.25) is 5.02 Å². The first kappa shape index (κ1) is 21.8. The fraction of sp³-hybridized carbons (Fsp3) is 0.240. The van der Waals surface area contributed by atoms with Crippen molar-refractivity contribution in [1.82, 2.24) is 14.7 Å². The molecule has 2 amide bonds. The van der Waals surface area contributed by atoms with Gasteiger partial charge in [-0.2, -0.15) is 5.10 Å². The molecule has 1 saturated heterocycles. The van der Waals surface area contributed by atoms with Crippen molar-refractivity contribution in [3.63, 3.8) is 0 Å². The lowest BCUT2D eigenvalue weighted by molar-refractivity contribution is -0.130. The molecular formula is C25H25ClN4O2. The molecule has 164 valence electrons. The Balaban J connectivity index is 1.29. The Labute approximate surface area is 192 Å². The smallest absolute Gasteiger partial charge is 0.246 e. The molecule has 0 spiro atoms. The number of hydrogen-bond donors (Lipinski definition) is 1. The average Bonchev–Trinajstić information content (AvgIpc) is 3.26. The Morgan fingerprint density at radius 3 is 2.47 bits per heavy atom. The number of carbonyl (C=O) groups excluding carboxylic acids is 2. The van der Waals surface area contributed by atoms with Crippen LogP contribution in [0, 0.1) is 5.92 Å². The van der Waals surface area contributed by atoms with E-state index in [0.29, 0.717) is 43.3 Å². The number of benzene rings is 2. The number of carbonyl (C=O) groups is 2. The zero-order chi connectivity index (χ0) is 22.3. The number of likely N-dealkylation sites (tertiary alicyclic amines) is 1. The van der Waals surface area contributed by atoms with Gasteiger partial charge in [0.2, 0.25) is 11.8 Å². The molecule has 0 bridgehead atoms. The van der Waals surface area contributed by atoms with Crippen LogP contribution in [-0.2, 0) is 16.1 Å². The van der Waals surface area contributed by atoms with Gasteiger partial charge in [-0.3, -0.25) is 9.59 Å². The summed E-state index contributed by atoms with van der Waals surface area (Å²) in [5, 5.41) is 8.01. The number of nitrogens with one attached hydrogen (secondary N) is 1. The summed E-state index contributed by atoms with van der Waals surface area (Å²) in [6, 6.07) is 19.1. The predicted molar refractivity (Wildman–Crippen MR) is 126 cm³/mol. The van der Waals surface area contributed by atoms with Gasteiger partial charge >= 0.3 is 0 Å². The highest BCUT2D eigenvalue weighted by Crippen LogP contribution is 2.21. The molecule has 0 saturated carbocycles. The van der Waals surface area contributed by atoms with Gasteiger partial charge in [0.05, 0.1) is 12.7 Å². The molecule has 32 heavy (non-hydrogen) atoms. The van der Waals surface area contributed by atoms with Crippen molar-refractivity contribution in [1.29, 1.82) is 0 Å². The van der Waals surface area contributed by atoms with Crippen LogP contribution >= 0.6 is 11.6 Å². The van der Waals surface area contributed by atoms with E-state index in [9.17, 15) is 9.59 Å². The Morgan fingerprint density at radius 2 is 1.75 bits per heavy atom. The quantitative estimate of drug-likeness (QED) is 0.565. The lowest BCUT2D eigenvalue weighted by atomic mass is 9.96. The molecule has 7 heteroatoms. The van der Waals surface area contributed by atoms with Crippen molar-refractivity contribution >= 4 is 35.3 Å². The van der Waals surface area contributed by atoms with Crippen LogP contribution < -0.4 is 5.32 Å². The summed E-state index contributed by atoms with van der Waals surface area (Å²) < 4.78 is 1.76. The summed E-state index contributed by atoms with van der Waals surface area (Å²) in [4.78, 5) is 27.1. The van der Waals surface area contributed by atoms with Gasteiger partial charge in [-0.05, 0) is 42.2 Å². The van der Waals surface area contributed by atoms with E-state index in [0.717, 1.165) is 11.1 Å². The third-order valence-corrected chi connectivity index (χ3v) is 5.86.